The highest BCUT2D eigenvalue weighted by Crippen LogP contribution is 2.52. The second-order valence-corrected chi connectivity index (χ2v) is 17.1. The van der Waals surface area contributed by atoms with Gasteiger partial charge >= 0.3 is 0 Å². The molecule has 2 unspecified atom stereocenters. The van der Waals surface area contributed by atoms with Crippen LogP contribution in [0.15, 0.2) is 118 Å². The number of para-hydroxylation sites is 1. The Kier molecular flexibility index (Phi) is 11.5. The first-order valence-corrected chi connectivity index (χ1v) is 20.2. The highest BCUT2D eigenvalue weighted by molar-refractivity contribution is 7.85. The molecule has 0 saturated carbocycles. The number of nitrogens with one attached hydrogen (secondary N) is 1. The fourth-order valence-electron chi connectivity index (χ4n) is 7.15. The summed E-state index contributed by atoms with van der Waals surface area (Å²) in [5.41, 5.74) is 8.06. The van der Waals surface area contributed by atoms with Crippen LogP contribution in [0, 0.1) is 0 Å². The molecule has 1 aliphatic carbocycles. The molecular formula is C41H49ClN2O3S3. The maximum Gasteiger partial charge on any atom is 0.294 e. The van der Waals surface area contributed by atoms with Gasteiger partial charge in [-0.2, -0.15) is 33.7 Å². The van der Waals surface area contributed by atoms with Crippen LogP contribution in [0.25, 0.3) is 10.8 Å². The molecule has 2 aliphatic rings. The van der Waals surface area contributed by atoms with Gasteiger partial charge in [-0.05, 0) is 102 Å². The van der Waals surface area contributed by atoms with E-state index < -0.39 is 15.5 Å². The topological polar surface area (TPSA) is 69.6 Å². The third-order valence-electron chi connectivity index (χ3n) is 10.2. The predicted molar refractivity (Wildman–Crippen MR) is 220 cm³/mol. The second-order valence-electron chi connectivity index (χ2n) is 14.5. The van der Waals surface area contributed by atoms with Crippen LogP contribution >= 0.6 is 36.9 Å². The summed E-state index contributed by atoms with van der Waals surface area (Å²) in [4.78, 5) is 2.23. The fourth-order valence-corrected chi connectivity index (χ4v) is 8.24. The van der Waals surface area contributed by atoms with Crippen LogP contribution in [0.4, 0.5) is 11.4 Å². The Hall–Kier alpha value is -2.88. The van der Waals surface area contributed by atoms with E-state index in [2.05, 4.69) is 132 Å². The number of allylic oxidation sites excluding steroid dienone is 9. The molecule has 5 nitrogen and oxygen atoms in total. The SMILES string of the molecule is C=C(/C=C/C1=C(Cl)C(=C/C=C2\N(C(C)CS)c3ccc4cc(S(=O)(=O)O)ccc4c3C2(C)C)/CCC1)C(C)(C)c1ccccc1NC(C)CS. The molecule has 3 aromatic rings. The van der Waals surface area contributed by atoms with Crippen molar-refractivity contribution in [1.29, 1.82) is 0 Å². The molecule has 0 fully saturated rings. The van der Waals surface area contributed by atoms with Crippen molar-refractivity contribution in [2.24, 2.45) is 0 Å². The maximum absolute atomic E-state index is 11.9. The smallest absolute Gasteiger partial charge is 0.294 e. The number of benzene rings is 3. The number of nitrogens with zero attached hydrogens (tertiary/aromatic N) is 1. The van der Waals surface area contributed by atoms with Gasteiger partial charge < -0.3 is 10.2 Å². The summed E-state index contributed by atoms with van der Waals surface area (Å²) in [5.74, 6) is 1.39. The molecule has 0 saturated heterocycles. The minimum absolute atomic E-state index is 0.102. The number of hydrogen-bond acceptors (Lipinski definition) is 6. The summed E-state index contributed by atoms with van der Waals surface area (Å²) in [6, 6.07) is 17.5. The monoisotopic (exact) mass is 748 g/mol. The first-order chi connectivity index (χ1) is 23.5. The van der Waals surface area contributed by atoms with E-state index in [9.17, 15) is 13.0 Å². The zero-order valence-electron chi connectivity index (χ0n) is 29.8. The molecule has 0 aromatic heterocycles. The normalized spacial score (nSPS) is 19.4. The Morgan fingerprint density at radius 1 is 1.08 bits per heavy atom. The lowest BCUT2D eigenvalue weighted by molar-refractivity contribution is 0.483. The van der Waals surface area contributed by atoms with E-state index in [1.807, 2.05) is 12.1 Å². The molecule has 9 heteroatoms. The number of hydrogen-bond donors (Lipinski definition) is 4. The summed E-state index contributed by atoms with van der Waals surface area (Å²) >= 11 is 16.3. The van der Waals surface area contributed by atoms with Gasteiger partial charge in [-0.3, -0.25) is 4.55 Å². The minimum atomic E-state index is -4.31. The van der Waals surface area contributed by atoms with Crippen LogP contribution < -0.4 is 10.2 Å². The third kappa shape index (κ3) is 7.51. The van der Waals surface area contributed by atoms with Crippen molar-refractivity contribution >= 4 is 69.1 Å². The molecule has 0 bridgehead atoms. The molecule has 1 heterocycles. The van der Waals surface area contributed by atoms with Crippen LogP contribution in [0.2, 0.25) is 0 Å². The molecule has 0 radical (unpaired) electrons. The molecule has 0 spiro atoms. The van der Waals surface area contributed by atoms with E-state index in [-0.39, 0.29) is 22.4 Å². The number of rotatable bonds is 11. The highest BCUT2D eigenvalue weighted by atomic mass is 35.5. The van der Waals surface area contributed by atoms with Crippen LogP contribution in [0.1, 0.15) is 71.9 Å². The van der Waals surface area contributed by atoms with Crippen LogP contribution in [0.5, 0.6) is 0 Å². The van der Waals surface area contributed by atoms with Gasteiger partial charge in [0.15, 0.2) is 0 Å². The van der Waals surface area contributed by atoms with Crippen molar-refractivity contribution in [3.63, 3.8) is 0 Å². The van der Waals surface area contributed by atoms with Crippen molar-refractivity contribution in [3.8, 4) is 0 Å². The highest BCUT2D eigenvalue weighted by Gasteiger charge is 2.42. The fraction of sp³-hybridized carbons (Fsp3) is 0.366. The van der Waals surface area contributed by atoms with Gasteiger partial charge in [0.05, 0.1) is 4.90 Å². The molecule has 2 atom stereocenters. The summed E-state index contributed by atoms with van der Waals surface area (Å²) in [5, 5.41) is 6.09. The Balaban J connectivity index is 1.49. The van der Waals surface area contributed by atoms with E-state index >= 15 is 0 Å². The van der Waals surface area contributed by atoms with Crippen LogP contribution in [-0.2, 0) is 20.9 Å². The van der Waals surface area contributed by atoms with E-state index in [0.717, 1.165) is 80.2 Å². The van der Waals surface area contributed by atoms with E-state index in [1.54, 1.807) is 6.07 Å². The molecule has 1 aliphatic heterocycles. The van der Waals surface area contributed by atoms with Gasteiger partial charge in [-0.15, -0.1) is 0 Å². The first-order valence-electron chi connectivity index (χ1n) is 17.1. The Bertz CT molecular complexity index is 2040. The van der Waals surface area contributed by atoms with Crippen molar-refractivity contribution in [1.82, 2.24) is 0 Å². The maximum atomic E-state index is 11.9. The number of anilines is 2. The number of thiol groups is 2. The summed E-state index contributed by atoms with van der Waals surface area (Å²) < 4.78 is 33.4. The average Bonchev–Trinajstić information content (AvgIpc) is 3.31. The van der Waals surface area contributed by atoms with E-state index in [0.29, 0.717) is 5.75 Å². The zero-order valence-corrected chi connectivity index (χ0v) is 33.2. The van der Waals surface area contributed by atoms with Gasteiger partial charge in [0.25, 0.3) is 10.1 Å². The van der Waals surface area contributed by atoms with Crippen molar-refractivity contribution < 1.29 is 13.0 Å². The standard InChI is InChI=1S/C41H49ClN2O3S3/c1-26(40(4,5)34-13-8-9-14-35(34)43-27(2)24-48)15-16-29-11-10-12-30(39(29)42)18-22-37-41(6,7)38-33-20-19-32(50(45,46)47)23-31(33)17-21-36(38)44(37)28(3)25-49/h8-9,13-23,27-28,43,48-49H,1,10-12,24-25H2,2-7H3,(H,45,46,47)/b16-15+,30-18+,37-22-. The Morgan fingerprint density at radius 3 is 2.48 bits per heavy atom. The van der Waals surface area contributed by atoms with E-state index in [1.165, 1.54) is 17.7 Å². The Labute approximate surface area is 314 Å². The predicted octanol–water partition coefficient (Wildman–Crippen LogP) is 10.8. The van der Waals surface area contributed by atoms with Gasteiger partial charge in [0, 0.05) is 56.5 Å². The van der Waals surface area contributed by atoms with Crippen molar-refractivity contribution in [2.45, 2.75) is 88.6 Å². The minimum Gasteiger partial charge on any atom is -0.382 e. The van der Waals surface area contributed by atoms with Gasteiger partial charge in [0.2, 0.25) is 0 Å². The molecule has 50 heavy (non-hydrogen) atoms. The van der Waals surface area contributed by atoms with Crippen LogP contribution in [-0.4, -0.2) is 36.6 Å². The number of halogens is 1. The lowest BCUT2D eigenvalue weighted by Crippen LogP contribution is -2.34. The second kappa shape index (κ2) is 15.0. The number of fused-ring (bicyclic) bond motifs is 3. The quantitative estimate of drug-likeness (QED) is 0.0893. The van der Waals surface area contributed by atoms with Gasteiger partial charge in [-0.1, -0.05) is 94.4 Å². The first kappa shape index (κ1) is 38.4. The summed E-state index contributed by atoms with van der Waals surface area (Å²) in [6.45, 7) is 17.6. The third-order valence-corrected chi connectivity index (χ3v) is 12.6. The molecule has 5 rings (SSSR count). The van der Waals surface area contributed by atoms with Crippen molar-refractivity contribution in [3.05, 3.63) is 124 Å². The average molecular weight is 750 g/mol. The summed E-state index contributed by atoms with van der Waals surface area (Å²) in [6.07, 6.45) is 11.4. The lowest BCUT2D eigenvalue weighted by atomic mass is 9.77. The van der Waals surface area contributed by atoms with Crippen molar-refractivity contribution in [2.75, 3.05) is 21.7 Å². The summed E-state index contributed by atoms with van der Waals surface area (Å²) in [7, 11) is -4.31. The molecule has 266 valence electrons. The molecule has 2 N–H and O–H groups in total. The Morgan fingerprint density at radius 2 is 1.80 bits per heavy atom. The van der Waals surface area contributed by atoms with Gasteiger partial charge in [0.1, 0.15) is 0 Å². The molecule has 3 aromatic carbocycles. The lowest BCUT2D eigenvalue weighted by Gasteiger charge is -2.31. The van der Waals surface area contributed by atoms with E-state index in [4.69, 9.17) is 11.6 Å². The molecule has 0 amide bonds. The molecular weight excluding hydrogens is 700 g/mol. The largest absolute Gasteiger partial charge is 0.382 e. The zero-order chi connectivity index (χ0) is 36.6. The van der Waals surface area contributed by atoms with Gasteiger partial charge in [-0.25, -0.2) is 0 Å². The van der Waals surface area contributed by atoms with Crippen LogP contribution in [0.3, 0.4) is 0 Å².